The summed E-state index contributed by atoms with van der Waals surface area (Å²) >= 11 is 0. The van der Waals surface area contributed by atoms with Crippen molar-refractivity contribution in [2.45, 2.75) is 70.2 Å². The van der Waals surface area contributed by atoms with Crippen molar-refractivity contribution in [3.05, 3.63) is 0 Å². The van der Waals surface area contributed by atoms with Crippen LogP contribution in [0.5, 0.6) is 0 Å². The summed E-state index contributed by atoms with van der Waals surface area (Å²) in [5.41, 5.74) is -0.619. The van der Waals surface area contributed by atoms with E-state index in [4.69, 9.17) is 9.47 Å². The second-order valence-electron chi connectivity index (χ2n) is 7.12. The number of carbonyl (C=O) groups is 1. The van der Waals surface area contributed by atoms with E-state index < -0.39 is 5.54 Å². The quantitative estimate of drug-likeness (QED) is 0.798. The Bertz CT molecular complexity index is 386. The molecule has 0 spiro atoms. The van der Waals surface area contributed by atoms with Gasteiger partial charge in [0.25, 0.3) is 0 Å². The molecule has 1 saturated heterocycles. The molecule has 0 amide bonds. The molecule has 1 aliphatic heterocycles. The number of esters is 1. The van der Waals surface area contributed by atoms with Crippen LogP contribution in [0.3, 0.4) is 0 Å². The Balaban J connectivity index is 2.08. The molecule has 0 aromatic carbocycles. The van der Waals surface area contributed by atoms with Crippen LogP contribution in [0, 0.1) is 0 Å². The molecular weight excluding hydrogens is 268 g/mol. The van der Waals surface area contributed by atoms with Crippen LogP contribution >= 0.6 is 0 Å². The van der Waals surface area contributed by atoms with Gasteiger partial charge >= 0.3 is 5.97 Å². The number of carbonyl (C=O) groups excluding carboxylic acids is 1. The van der Waals surface area contributed by atoms with Crippen molar-refractivity contribution in [2.75, 3.05) is 26.7 Å². The molecule has 2 rings (SSSR count). The van der Waals surface area contributed by atoms with E-state index in [1.807, 2.05) is 6.92 Å². The Morgan fingerprint density at radius 2 is 2.19 bits per heavy atom. The first-order valence-corrected chi connectivity index (χ1v) is 8.07. The van der Waals surface area contributed by atoms with Gasteiger partial charge in [0.2, 0.25) is 0 Å². The first-order chi connectivity index (χ1) is 9.82. The van der Waals surface area contributed by atoms with E-state index >= 15 is 0 Å². The highest BCUT2D eigenvalue weighted by molar-refractivity contribution is 5.81. The summed E-state index contributed by atoms with van der Waals surface area (Å²) in [5.74, 6) is -0.118. The van der Waals surface area contributed by atoms with E-state index in [1.165, 1.54) is 7.11 Å². The number of hydrogen-bond acceptors (Lipinski definition) is 5. The normalized spacial score (nSPS) is 36.6. The molecule has 3 unspecified atom stereocenters. The first-order valence-electron chi connectivity index (χ1n) is 8.07. The summed E-state index contributed by atoms with van der Waals surface area (Å²) in [6.45, 7) is 11.1. The van der Waals surface area contributed by atoms with Crippen molar-refractivity contribution >= 4 is 5.97 Å². The number of morpholine rings is 1. The van der Waals surface area contributed by atoms with Gasteiger partial charge in [0, 0.05) is 19.1 Å². The highest BCUT2D eigenvalue weighted by atomic mass is 16.5. The van der Waals surface area contributed by atoms with E-state index in [-0.39, 0.29) is 17.7 Å². The van der Waals surface area contributed by atoms with Crippen LogP contribution in [-0.4, -0.2) is 60.9 Å². The smallest absolute Gasteiger partial charge is 0.326 e. The number of nitrogens with one attached hydrogen (secondary N) is 1. The molecule has 2 fully saturated rings. The van der Waals surface area contributed by atoms with Crippen LogP contribution in [0.25, 0.3) is 0 Å². The highest BCUT2D eigenvalue weighted by Gasteiger charge is 2.48. The van der Waals surface area contributed by atoms with Gasteiger partial charge in [0.05, 0.1) is 18.8 Å². The SMILES string of the molecule is CCNC1(C(=O)OC)CCC(N2CC(C)OC(C)(C)C2)C1. The second kappa shape index (κ2) is 6.23. The largest absolute Gasteiger partial charge is 0.468 e. The molecular formula is C16H30N2O3. The van der Waals surface area contributed by atoms with Crippen LogP contribution in [0.15, 0.2) is 0 Å². The summed E-state index contributed by atoms with van der Waals surface area (Å²) in [6.07, 6.45) is 2.95. The number of nitrogens with zero attached hydrogens (tertiary/aromatic N) is 1. The molecule has 122 valence electrons. The van der Waals surface area contributed by atoms with Gasteiger partial charge in [-0.05, 0) is 46.6 Å². The zero-order valence-corrected chi connectivity index (χ0v) is 14.1. The maximum atomic E-state index is 12.2. The predicted octanol–water partition coefficient (Wildman–Crippen LogP) is 1.56. The Morgan fingerprint density at radius 3 is 2.76 bits per heavy atom. The maximum absolute atomic E-state index is 12.2. The lowest BCUT2D eigenvalue weighted by atomic mass is 9.96. The summed E-state index contributed by atoms with van der Waals surface area (Å²) in [7, 11) is 1.48. The fourth-order valence-corrected chi connectivity index (χ4v) is 4.06. The summed E-state index contributed by atoms with van der Waals surface area (Å²) in [6, 6.07) is 0.425. The Morgan fingerprint density at radius 1 is 1.48 bits per heavy atom. The molecule has 1 saturated carbocycles. The summed E-state index contributed by atoms with van der Waals surface area (Å²) in [5, 5.41) is 3.38. The van der Waals surface area contributed by atoms with E-state index in [0.29, 0.717) is 6.04 Å². The number of methoxy groups -OCH3 is 1. The van der Waals surface area contributed by atoms with Gasteiger partial charge in [-0.3, -0.25) is 9.69 Å². The minimum atomic E-state index is -0.500. The minimum Gasteiger partial charge on any atom is -0.468 e. The molecule has 2 aliphatic rings. The predicted molar refractivity (Wildman–Crippen MR) is 82.3 cm³/mol. The molecule has 0 bridgehead atoms. The number of ether oxygens (including phenoxy) is 2. The van der Waals surface area contributed by atoms with E-state index in [0.717, 1.165) is 38.9 Å². The fraction of sp³-hybridized carbons (Fsp3) is 0.938. The molecule has 1 N–H and O–H groups in total. The molecule has 1 heterocycles. The average molecular weight is 298 g/mol. The highest BCUT2D eigenvalue weighted by Crippen LogP contribution is 2.36. The van der Waals surface area contributed by atoms with Crippen molar-refractivity contribution in [3.63, 3.8) is 0 Å². The van der Waals surface area contributed by atoms with Crippen LogP contribution < -0.4 is 5.32 Å². The third kappa shape index (κ3) is 3.58. The molecule has 1 aliphatic carbocycles. The third-order valence-corrected chi connectivity index (χ3v) is 4.69. The fourth-order valence-electron chi connectivity index (χ4n) is 4.06. The number of likely N-dealkylation sites (N-methyl/N-ethyl adjacent to an activating group) is 1. The maximum Gasteiger partial charge on any atom is 0.326 e. The lowest BCUT2D eigenvalue weighted by Crippen LogP contribution is -2.56. The molecule has 0 aromatic heterocycles. The summed E-state index contributed by atoms with van der Waals surface area (Å²) < 4.78 is 11.0. The first kappa shape index (κ1) is 16.7. The van der Waals surface area contributed by atoms with Crippen LogP contribution in [0.4, 0.5) is 0 Å². The summed E-state index contributed by atoms with van der Waals surface area (Å²) in [4.78, 5) is 14.7. The molecule has 0 radical (unpaired) electrons. The van der Waals surface area contributed by atoms with Crippen LogP contribution in [0.1, 0.15) is 47.0 Å². The van der Waals surface area contributed by atoms with Crippen molar-refractivity contribution < 1.29 is 14.3 Å². The molecule has 5 nitrogen and oxygen atoms in total. The Kier molecular flexibility index (Phi) is 4.96. The average Bonchev–Trinajstić information content (AvgIpc) is 2.81. The van der Waals surface area contributed by atoms with E-state index in [1.54, 1.807) is 0 Å². The molecule has 0 aromatic rings. The lowest BCUT2D eigenvalue weighted by Gasteiger charge is -2.44. The van der Waals surface area contributed by atoms with Crippen molar-refractivity contribution in [1.29, 1.82) is 0 Å². The van der Waals surface area contributed by atoms with Gasteiger partial charge in [-0.15, -0.1) is 0 Å². The second-order valence-corrected chi connectivity index (χ2v) is 7.12. The number of hydrogen-bond donors (Lipinski definition) is 1. The Labute approximate surface area is 128 Å². The third-order valence-electron chi connectivity index (χ3n) is 4.69. The van der Waals surface area contributed by atoms with Gasteiger partial charge < -0.3 is 14.8 Å². The number of rotatable bonds is 4. The molecule has 21 heavy (non-hydrogen) atoms. The van der Waals surface area contributed by atoms with Gasteiger partial charge in [0.1, 0.15) is 5.54 Å². The molecule has 5 heteroatoms. The minimum absolute atomic E-state index is 0.118. The topological polar surface area (TPSA) is 50.8 Å². The standard InChI is InChI=1S/C16H30N2O3/c1-6-17-16(14(19)20-5)8-7-13(9-16)18-10-12(2)21-15(3,4)11-18/h12-13,17H,6-11H2,1-5H3. The lowest BCUT2D eigenvalue weighted by molar-refractivity contribution is -0.149. The van der Waals surface area contributed by atoms with Gasteiger partial charge in [0.15, 0.2) is 0 Å². The van der Waals surface area contributed by atoms with Crippen molar-refractivity contribution in [1.82, 2.24) is 10.2 Å². The zero-order valence-electron chi connectivity index (χ0n) is 14.1. The zero-order chi connectivity index (χ0) is 15.7. The van der Waals surface area contributed by atoms with Crippen molar-refractivity contribution in [2.24, 2.45) is 0 Å². The van der Waals surface area contributed by atoms with Gasteiger partial charge in [-0.1, -0.05) is 6.92 Å². The van der Waals surface area contributed by atoms with Crippen LogP contribution in [0.2, 0.25) is 0 Å². The van der Waals surface area contributed by atoms with Gasteiger partial charge in [-0.25, -0.2) is 0 Å². The monoisotopic (exact) mass is 298 g/mol. The van der Waals surface area contributed by atoms with Gasteiger partial charge in [-0.2, -0.15) is 0 Å². The van der Waals surface area contributed by atoms with E-state index in [2.05, 4.69) is 31.0 Å². The molecule has 3 atom stereocenters. The van der Waals surface area contributed by atoms with E-state index in [9.17, 15) is 4.79 Å². The van der Waals surface area contributed by atoms with Crippen LogP contribution in [-0.2, 0) is 14.3 Å². The Hall–Kier alpha value is -0.650. The van der Waals surface area contributed by atoms with Crippen molar-refractivity contribution in [3.8, 4) is 0 Å².